The van der Waals surface area contributed by atoms with E-state index in [0.717, 1.165) is 23.5 Å². The van der Waals surface area contributed by atoms with Crippen molar-refractivity contribution in [1.29, 1.82) is 0 Å². The second-order valence-electron chi connectivity index (χ2n) is 7.09. The quantitative estimate of drug-likeness (QED) is 0.410. The summed E-state index contributed by atoms with van der Waals surface area (Å²) in [6.45, 7) is 0.672. The summed E-state index contributed by atoms with van der Waals surface area (Å²) in [4.78, 5) is 19.7. The van der Waals surface area contributed by atoms with Crippen molar-refractivity contribution in [3.63, 3.8) is 0 Å². The number of hydrogen-bond donors (Lipinski definition) is 1. The Kier molecular flexibility index (Phi) is 7.70. The Morgan fingerprint density at radius 2 is 1.76 bits per heavy atom. The van der Waals surface area contributed by atoms with Crippen LogP contribution in [0, 0.1) is 0 Å². The molecule has 150 valence electrons. The van der Waals surface area contributed by atoms with Gasteiger partial charge in [-0.25, -0.2) is 0 Å². The van der Waals surface area contributed by atoms with Crippen LogP contribution in [0.3, 0.4) is 0 Å². The zero-order valence-corrected chi connectivity index (χ0v) is 17.8. The van der Waals surface area contributed by atoms with Gasteiger partial charge in [0.15, 0.2) is 0 Å². The summed E-state index contributed by atoms with van der Waals surface area (Å²) in [6.07, 6.45) is 5.54. The highest BCUT2D eigenvalue weighted by Gasteiger charge is 2.05. The van der Waals surface area contributed by atoms with Gasteiger partial charge in [-0.1, -0.05) is 18.2 Å². The first-order valence-corrected chi connectivity index (χ1v) is 10.8. The predicted molar refractivity (Wildman–Crippen MR) is 122 cm³/mol. The van der Waals surface area contributed by atoms with Crippen molar-refractivity contribution < 1.29 is 4.79 Å². The lowest BCUT2D eigenvalue weighted by atomic mass is 10.1. The minimum Gasteiger partial charge on any atom is -0.378 e. The van der Waals surface area contributed by atoms with Gasteiger partial charge < -0.3 is 10.2 Å². The number of carbonyl (C=O) groups is 1. The molecule has 1 amide bonds. The third kappa shape index (κ3) is 6.64. The molecule has 29 heavy (non-hydrogen) atoms. The van der Waals surface area contributed by atoms with Gasteiger partial charge in [0.25, 0.3) is 5.91 Å². The largest absolute Gasteiger partial charge is 0.378 e. The summed E-state index contributed by atoms with van der Waals surface area (Å²) in [6, 6.07) is 20.4. The number of aromatic nitrogens is 1. The van der Waals surface area contributed by atoms with Gasteiger partial charge in [0.2, 0.25) is 0 Å². The first-order valence-electron chi connectivity index (χ1n) is 9.78. The Hall–Kier alpha value is -2.79. The zero-order valence-electron chi connectivity index (χ0n) is 17.0. The second kappa shape index (κ2) is 10.7. The smallest absolute Gasteiger partial charge is 0.251 e. The second-order valence-corrected chi connectivity index (χ2v) is 8.14. The maximum absolute atomic E-state index is 12.3. The van der Waals surface area contributed by atoms with Crippen LogP contribution < -0.4 is 10.2 Å². The summed E-state index contributed by atoms with van der Waals surface area (Å²) in [7, 11) is 4.08. The summed E-state index contributed by atoms with van der Waals surface area (Å²) >= 11 is 1.74. The molecule has 0 aliphatic heterocycles. The molecule has 0 saturated heterocycles. The van der Waals surface area contributed by atoms with Gasteiger partial charge in [0, 0.05) is 54.9 Å². The van der Waals surface area contributed by atoms with Crippen molar-refractivity contribution in [2.75, 3.05) is 25.5 Å². The maximum atomic E-state index is 12.3. The Morgan fingerprint density at radius 1 is 1.00 bits per heavy atom. The van der Waals surface area contributed by atoms with E-state index < -0.39 is 0 Å². The van der Waals surface area contributed by atoms with Crippen LogP contribution in [0.15, 0.2) is 78.0 Å². The molecule has 1 aromatic heterocycles. The molecule has 0 aliphatic rings. The van der Waals surface area contributed by atoms with Gasteiger partial charge in [-0.3, -0.25) is 9.78 Å². The number of benzene rings is 2. The average Bonchev–Trinajstić information content (AvgIpc) is 2.76. The molecule has 0 bridgehead atoms. The highest BCUT2D eigenvalue weighted by molar-refractivity contribution is 7.98. The molecule has 5 heteroatoms. The van der Waals surface area contributed by atoms with Crippen LogP contribution >= 0.6 is 11.8 Å². The lowest BCUT2D eigenvalue weighted by Gasteiger charge is -2.12. The van der Waals surface area contributed by atoms with Gasteiger partial charge in [0.1, 0.15) is 0 Å². The van der Waals surface area contributed by atoms with Gasteiger partial charge in [-0.15, -0.1) is 11.8 Å². The van der Waals surface area contributed by atoms with E-state index in [9.17, 15) is 4.79 Å². The molecule has 0 spiro atoms. The van der Waals surface area contributed by atoms with E-state index in [1.165, 1.54) is 16.8 Å². The topological polar surface area (TPSA) is 45.2 Å². The lowest BCUT2D eigenvalue weighted by molar-refractivity contribution is 0.0953. The minimum atomic E-state index is -0.0169. The van der Waals surface area contributed by atoms with E-state index in [4.69, 9.17) is 0 Å². The lowest BCUT2D eigenvalue weighted by Crippen LogP contribution is -2.24. The maximum Gasteiger partial charge on any atom is 0.251 e. The van der Waals surface area contributed by atoms with Gasteiger partial charge >= 0.3 is 0 Å². The van der Waals surface area contributed by atoms with E-state index >= 15 is 0 Å². The molecule has 1 N–H and O–H groups in total. The van der Waals surface area contributed by atoms with Crippen LogP contribution in [0.4, 0.5) is 5.69 Å². The van der Waals surface area contributed by atoms with E-state index in [-0.39, 0.29) is 5.91 Å². The van der Waals surface area contributed by atoms with Crippen molar-refractivity contribution in [2.45, 2.75) is 23.5 Å². The van der Waals surface area contributed by atoms with Crippen LogP contribution in [0.5, 0.6) is 0 Å². The molecule has 1 heterocycles. The summed E-state index contributed by atoms with van der Waals surface area (Å²) in [5, 5.41) is 3.01. The van der Waals surface area contributed by atoms with Gasteiger partial charge in [0.05, 0.1) is 0 Å². The third-order valence-corrected chi connectivity index (χ3v) is 5.71. The van der Waals surface area contributed by atoms with E-state index in [1.807, 2.05) is 50.6 Å². The van der Waals surface area contributed by atoms with E-state index in [2.05, 4.69) is 45.5 Å². The molecule has 2 aromatic carbocycles. The average molecular weight is 406 g/mol. The molecule has 0 saturated carbocycles. The number of hydrogen-bond acceptors (Lipinski definition) is 4. The fraction of sp³-hybridized carbons (Fsp3) is 0.250. The number of thioether (sulfide) groups is 1. The molecule has 0 fully saturated rings. The number of nitrogens with zero attached hydrogens (tertiary/aromatic N) is 2. The van der Waals surface area contributed by atoms with Crippen molar-refractivity contribution in [1.82, 2.24) is 10.3 Å². The van der Waals surface area contributed by atoms with E-state index in [1.54, 1.807) is 18.0 Å². The molecule has 4 nitrogen and oxygen atoms in total. The number of pyridine rings is 1. The van der Waals surface area contributed by atoms with Crippen molar-refractivity contribution in [3.05, 3.63) is 89.7 Å². The van der Waals surface area contributed by atoms with Crippen LogP contribution in [-0.4, -0.2) is 31.5 Å². The number of nitrogens with one attached hydrogen (secondary N) is 1. The van der Waals surface area contributed by atoms with Crippen LogP contribution in [-0.2, 0) is 12.2 Å². The summed E-state index contributed by atoms with van der Waals surface area (Å²) in [5.74, 6) is 0.853. The van der Waals surface area contributed by atoms with Gasteiger partial charge in [-0.05, 0) is 66.4 Å². The molecule has 0 aliphatic carbocycles. The molecular formula is C24H27N3OS. The first-order chi connectivity index (χ1) is 14.1. The molecule has 3 rings (SSSR count). The zero-order chi connectivity index (χ0) is 20.5. The number of carbonyl (C=O) groups excluding carboxylic acids is 1. The highest BCUT2D eigenvalue weighted by atomic mass is 32.2. The standard InChI is InChI=1S/C24H27N3OS/c1-27(2)22-11-7-19(8-12-22)5-4-16-26-24(28)21-9-13-23(14-10-21)29-18-20-6-3-15-25-17-20/h3,6-15,17H,4-5,16,18H2,1-2H3,(H,26,28). The molecule has 3 aromatic rings. The fourth-order valence-electron chi connectivity index (χ4n) is 2.91. The van der Waals surface area contributed by atoms with Gasteiger partial charge in [-0.2, -0.15) is 0 Å². The SMILES string of the molecule is CN(C)c1ccc(CCCNC(=O)c2ccc(SCc3cccnc3)cc2)cc1. The summed E-state index contributed by atoms with van der Waals surface area (Å²) in [5.41, 5.74) is 4.38. The highest BCUT2D eigenvalue weighted by Crippen LogP contribution is 2.22. The Labute approximate surface area is 177 Å². The Bertz CT molecular complexity index is 894. The van der Waals surface area contributed by atoms with Crippen molar-refractivity contribution in [3.8, 4) is 0 Å². The Balaban J connectivity index is 1.40. The molecular weight excluding hydrogens is 378 g/mol. The summed E-state index contributed by atoms with van der Waals surface area (Å²) < 4.78 is 0. The van der Waals surface area contributed by atoms with Crippen LogP contribution in [0.2, 0.25) is 0 Å². The first kappa shape index (κ1) is 20.9. The minimum absolute atomic E-state index is 0.0169. The van der Waals surface area contributed by atoms with Crippen LogP contribution in [0.25, 0.3) is 0 Å². The number of aryl methyl sites for hydroxylation is 1. The third-order valence-electron chi connectivity index (χ3n) is 4.63. The fourth-order valence-corrected chi connectivity index (χ4v) is 3.74. The number of rotatable bonds is 9. The van der Waals surface area contributed by atoms with Crippen molar-refractivity contribution in [2.24, 2.45) is 0 Å². The Morgan fingerprint density at radius 3 is 2.41 bits per heavy atom. The monoisotopic (exact) mass is 405 g/mol. The molecule has 0 radical (unpaired) electrons. The predicted octanol–water partition coefficient (Wildman–Crippen LogP) is 4.80. The van der Waals surface area contributed by atoms with Crippen molar-refractivity contribution >= 4 is 23.4 Å². The molecule has 0 atom stereocenters. The normalized spacial score (nSPS) is 10.6. The molecule has 0 unspecified atom stereocenters. The van der Waals surface area contributed by atoms with Crippen LogP contribution in [0.1, 0.15) is 27.9 Å². The number of anilines is 1. The van der Waals surface area contributed by atoms with E-state index in [0.29, 0.717) is 12.1 Å². The number of amides is 1.